The number of carbonyl (C=O) groups is 1. The monoisotopic (exact) mass is 486 g/mol. The van der Waals surface area contributed by atoms with Crippen LogP contribution in [0.1, 0.15) is 33.9 Å². The van der Waals surface area contributed by atoms with Gasteiger partial charge in [-0.3, -0.25) is 18.4 Å². The van der Waals surface area contributed by atoms with Gasteiger partial charge in [0.1, 0.15) is 35.7 Å². The number of imidazole rings is 1. The number of nitrogens with one attached hydrogen (secondary N) is 1. The van der Waals surface area contributed by atoms with Crippen LogP contribution < -0.4 is 10.8 Å². The summed E-state index contributed by atoms with van der Waals surface area (Å²) >= 11 is 0. The molecule has 0 amide bonds. The van der Waals surface area contributed by atoms with E-state index in [0.29, 0.717) is 11.2 Å². The number of aromatic nitrogens is 4. The third-order valence-electron chi connectivity index (χ3n) is 5.29. The van der Waals surface area contributed by atoms with E-state index in [0.717, 1.165) is 0 Å². The molecule has 15 heteroatoms. The molecule has 4 heterocycles. The van der Waals surface area contributed by atoms with Gasteiger partial charge < -0.3 is 25.1 Å². The molecule has 14 nitrogen and oxygen atoms in total. The number of nitrogen functional groups attached to an aromatic ring is 1. The van der Waals surface area contributed by atoms with Crippen molar-refractivity contribution in [3.8, 4) is 0 Å². The Morgan fingerprint density at radius 1 is 1.36 bits per heavy atom. The SMILES string of the molecule is CC(C)OC(=O)C(C)NP1(=O)OCOC2[C@@H](CO1)O[C@@H](n1cnc3c(N)ncnc31)[C@@]2(C)O. The molecule has 0 aliphatic carbocycles. The second-order valence-corrected chi connectivity index (χ2v) is 10.1. The second kappa shape index (κ2) is 8.87. The van der Waals surface area contributed by atoms with Crippen molar-refractivity contribution in [3.63, 3.8) is 0 Å². The molecule has 2 saturated heterocycles. The molecule has 2 fully saturated rings. The number of aliphatic hydroxyl groups is 1. The largest absolute Gasteiger partial charge is 0.462 e. The summed E-state index contributed by atoms with van der Waals surface area (Å²) in [6, 6.07) is -0.962. The number of hydrogen-bond donors (Lipinski definition) is 3. The van der Waals surface area contributed by atoms with Crippen LogP contribution in [0, 0.1) is 0 Å². The van der Waals surface area contributed by atoms with E-state index >= 15 is 0 Å². The third kappa shape index (κ3) is 4.60. The molecule has 2 aromatic rings. The van der Waals surface area contributed by atoms with Gasteiger partial charge in [0.05, 0.1) is 19.0 Å². The molecule has 33 heavy (non-hydrogen) atoms. The first-order valence-electron chi connectivity index (χ1n) is 10.3. The lowest BCUT2D eigenvalue weighted by Crippen LogP contribution is -2.47. The Morgan fingerprint density at radius 2 is 2.12 bits per heavy atom. The summed E-state index contributed by atoms with van der Waals surface area (Å²) in [5.41, 5.74) is 5.01. The molecule has 2 aromatic heterocycles. The standard InChI is InChI=1S/C18H27N6O8P/c1-9(2)31-16(25)10(3)23-33(27)29-5-11-13(28-8-30-33)18(4,26)17(32-11)24-7-22-12-14(19)20-6-21-15(12)24/h6-7,9-11,13,17,26H,5,8H2,1-4H3,(H,23,27)(H2,19,20,21)/t10?,11-,13?,17-,18+,33?/m1/s1. The van der Waals surface area contributed by atoms with E-state index < -0.39 is 50.6 Å². The fourth-order valence-corrected chi connectivity index (χ4v) is 5.11. The Hall–Kier alpha value is -2.19. The van der Waals surface area contributed by atoms with Crippen LogP contribution in [0.5, 0.6) is 0 Å². The number of hydrogen-bond acceptors (Lipinski definition) is 12. The van der Waals surface area contributed by atoms with E-state index in [-0.39, 0.29) is 18.5 Å². The van der Waals surface area contributed by atoms with Gasteiger partial charge in [-0.25, -0.2) is 24.6 Å². The normalized spacial score (nSPS) is 33.5. The van der Waals surface area contributed by atoms with Crippen molar-refractivity contribution < 1.29 is 37.7 Å². The van der Waals surface area contributed by atoms with E-state index in [1.54, 1.807) is 13.8 Å². The van der Waals surface area contributed by atoms with E-state index in [4.69, 9.17) is 29.0 Å². The van der Waals surface area contributed by atoms with Gasteiger partial charge in [-0.1, -0.05) is 0 Å². The van der Waals surface area contributed by atoms with Gasteiger partial charge in [0.2, 0.25) is 0 Å². The van der Waals surface area contributed by atoms with Gasteiger partial charge in [-0.05, 0) is 27.7 Å². The van der Waals surface area contributed by atoms with Crippen molar-refractivity contribution in [2.24, 2.45) is 0 Å². The zero-order valence-electron chi connectivity index (χ0n) is 18.6. The zero-order chi connectivity index (χ0) is 24.0. The molecule has 0 spiro atoms. The molecule has 6 atom stereocenters. The predicted molar refractivity (Wildman–Crippen MR) is 112 cm³/mol. The molecular weight excluding hydrogens is 459 g/mol. The molecular formula is C18H27N6O8P. The molecule has 4 N–H and O–H groups in total. The minimum Gasteiger partial charge on any atom is -0.462 e. The maximum atomic E-state index is 13.1. The molecule has 3 unspecified atom stereocenters. The van der Waals surface area contributed by atoms with Crippen LogP contribution in [0.3, 0.4) is 0 Å². The topological polar surface area (TPSA) is 182 Å². The number of rotatable bonds is 5. The number of nitrogens with two attached hydrogens (primary N) is 1. The highest BCUT2D eigenvalue weighted by molar-refractivity contribution is 7.51. The predicted octanol–water partition coefficient (Wildman–Crippen LogP) is 0.484. The maximum absolute atomic E-state index is 13.1. The summed E-state index contributed by atoms with van der Waals surface area (Å²) in [4.78, 5) is 24.4. The Labute approximate surface area is 189 Å². The molecule has 0 radical (unpaired) electrons. The third-order valence-corrected chi connectivity index (χ3v) is 6.93. The average Bonchev–Trinajstić information content (AvgIpc) is 3.24. The smallest absolute Gasteiger partial charge is 0.408 e. The van der Waals surface area contributed by atoms with Crippen molar-refractivity contribution in [2.45, 2.75) is 63.9 Å². The van der Waals surface area contributed by atoms with Crippen LogP contribution in [0.15, 0.2) is 12.7 Å². The van der Waals surface area contributed by atoms with E-state index in [9.17, 15) is 14.5 Å². The van der Waals surface area contributed by atoms with E-state index in [2.05, 4.69) is 20.0 Å². The van der Waals surface area contributed by atoms with Crippen molar-refractivity contribution >= 4 is 30.7 Å². The lowest BCUT2D eigenvalue weighted by atomic mass is 9.96. The van der Waals surface area contributed by atoms with Crippen LogP contribution in [0.4, 0.5) is 5.82 Å². The summed E-state index contributed by atoms with van der Waals surface area (Å²) < 4.78 is 42.2. The van der Waals surface area contributed by atoms with Crippen LogP contribution in [0.2, 0.25) is 0 Å². The maximum Gasteiger partial charge on any atom is 0.408 e. The highest BCUT2D eigenvalue weighted by Crippen LogP contribution is 2.49. The summed E-state index contributed by atoms with van der Waals surface area (Å²) in [5.74, 6) is -0.422. The van der Waals surface area contributed by atoms with Gasteiger partial charge >= 0.3 is 13.7 Å². The first-order valence-corrected chi connectivity index (χ1v) is 11.9. The minimum absolute atomic E-state index is 0.188. The van der Waals surface area contributed by atoms with Crippen LogP contribution in [-0.2, 0) is 32.6 Å². The number of nitrogens with zero attached hydrogens (tertiary/aromatic N) is 4. The number of fused-ring (bicyclic) bond motifs is 2. The lowest BCUT2D eigenvalue weighted by molar-refractivity contribution is -0.150. The fraction of sp³-hybridized carbons (Fsp3) is 0.667. The van der Waals surface area contributed by atoms with Crippen molar-refractivity contribution in [3.05, 3.63) is 12.7 Å². The molecule has 4 rings (SSSR count). The highest BCUT2D eigenvalue weighted by Gasteiger charge is 2.56. The number of carbonyl (C=O) groups excluding carboxylic acids is 1. The first kappa shape index (κ1) is 24.0. The Balaban J connectivity index is 1.51. The second-order valence-electron chi connectivity index (χ2n) is 8.30. The van der Waals surface area contributed by atoms with E-state index in [1.807, 2.05) is 0 Å². The Morgan fingerprint density at radius 3 is 2.85 bits per heavy atom. The zero-order valence-corrected chi connectivity index (χ0v) is 19.5. The van der Waals surface area contributed by atoms with Crippen LogP contribution in [-0.4, -0.2) is 73.9 Å². The van der Waals surface area contributed by atoms with Crippen LogP contribution >= 0.6 is 7.75 Å². The van der Waals surface area contributed by atoms with E-state index in [1.165, 1.54) is 31.1 Å². The summed E-state index contributed by atoms with van der Waals surface area (Å²) in [7, 11) is -3.95. The quantitative estimate of drug-likeness (QED) is 0.392. The summed E-state index contributed by atoms with van der Waals surface area (Å²) in [5, 5.41) is 13.8. The Kier molecular flexibility index (Phi) is 6.44. The molecule has 2 aliphatic rings. The summed E-state index contributed by atoms with van der Waals surface area (Å²) in [6.45, 7) is 5.67. The molecule has 0 aromatic carbocycles. The molecule has 182 valence electrons. The molecule has 0 bridgehead atoms. The Bertz CT molecular complexity index is 1080. The van der Waals surface area contributed by atoms with Gasteiger partial charge in [0, 0.05) is 0 Å². The number of esters is 1. The van der Waals surface area contributed by atoms with Gasteiger partial charge in [-0.2, -0.15) is 0 Å². The molecule has 0 saturated carbocycles. The van der Waals surface area contributed by atoms with Crippen molar-refractivity contribution in [2.75, 3.05) is 19.1 Å². The van der Waals surface area contributed by atoms with Gasteiger partial charge in [0.25, 0.3) is 0 Å². The van der Waals surface area contributed by atoms with Crippen LogP contribution in [0.25, 0.3) is 11.2 Å². The minimum atomic E-state index is -3.95. The average molecular weight is 486 g/mol. The van der Waals surface area contributed by atoms with Gasteiger partial charge in [-0.15, -0.1) is 0 Å². The van der Waals surface area contributed by atoms with Crippen molar-refractivity contribution in [1.82, 2.24) is 24.6 Å². The first-order chi connectivity index (χ1) is 15.5. The number of anilines is 1. The highest BCUT2D eigenvalue weighted by atomic mass is 31.2. The number of ether oxygens (including phenoxy) is 3. The molecule has 2 aliphatic heterocycles. The summed E-state index contributed by atoms with van der Waals surface area (Å²) in [6.07, 6.45) is -0.309. The lowest BCUT2D eigenvalue weighted by Gasteiger charge is -2.32. The van der Waals surface area contributed by atoms with Gasteiger partial charge in [0.15, 0.2) is 24.5 Å². The van der Waals surface area contributed by atoms with Crippen molar-refractivity contribution in [1.29, 1.82) is 0 Å². The fourth-order valence-electron chi connectivity index (χ4n) is 3.76.